The van der Waals surface area contributed by atoms with E-state index < -0.39 is 0 Å². The predicted molar refractivity (Wildman–Crippen MR) is 146 cm³/mol. The van der Waals surface area contributed by atoms with Crippen LogP contribution in [0.5, 0.6) is 0 Å². The summed E-state index contributed by atoms with van der Waals surface area (Å²) >= 11 is 0. The molecular weight excluding hydrogens is 523 g/mol. The summed E-state index contributed by atoms with van der Waals surface area (Å²) in [4.78, 5) is 11.6. The van der Waals surface area contributed by atoms with Crippen LogP contribution in [-0.4, -0.2) is 53.6 Å². The largest absolute Gasteiger partial charge is 0.356 e. The minimum atomic E-state index is 0. The van der Waals surface area contributed by atoms with Crippen molar-refractivity contribution in [2.45, 2.75) is 31.8 Å². The number of rotatable bonds is 9. The van der Waals surface area contributed by atoms with E-state index in [1.165, 1.54) is 24.0 Å². The van der Waals surface area contributed by atoms with Crippen LogP contribution >= 0.6 is 24.0 Å². The number of aromatic nitrogens is 2. The molecule has 2 aromatic carbocycles. The molecule has 0 aliphatic carbocycles. The number of imidazole rings is 1. The van der Waals surface area contributed by atoms with Crippen molar-refractivity contribution in [1.29, 1.82) is 0 Å². The van der Waals surface area contributed by atoms with Crippen molar-refractivity contribution in [2.24, 2.45) is 4.99 Å². The lowest BCUT2D eigenvalue weighted by Crippen LogP contribution is -2.43. The summed E-state index contributed by atoms with van der Waals surface area (Å²) in [5, 5.41) is 7.01. The lowest BCUT2D eigenvalue weighted by Gasteiger charge is -2.29. The van der Waals surface area contributed by atoms with Crippen LogP contribution in [0.1, 0.15) is 35.8 Å². The Hall–Kier alpha value is -2.39. The average molecular weight is 559 g/mol. The van der Waals surface area contributed by atoms with Crippen LogP contribution in [0, 0.1) is 0 Å². The molecule has 1 unspecified atom stereocenters. The Morgan fingerprint density at radius 1 is 1.00 bits per heavy atom. The predicted octanol–water partition coefficient (Wildman–Crippen LogP) is 4.09. The van der Waals surface area contributed by atoms with Gasteiger partial charge in [0.05, 0.1) is 6.04 Å². The fourth-order valence-corrected chi connectivity index (χ4v) is 4.39. The summed E-state index contributed by atoms with van der Waals surface area (Å²) in [6, 6.07) is 21.7. The van der Waals surface area contributed by atoms with Gasteiger partial charge in [0.15, 0.2) is 5.96 Å². The lowest BCUT2D eigenvalue weighted by atomic mass is 10.1. The molecule has 1 fully saturated rings. The summed E-state index contributed by atoms with van der Waals surface area (Å²) in [6.07, 6.45) is 7.34. The van der Waals surface area contributed by atoms with Gasteiger partial charge in [-0.05, 0) is 37.1 Å². The van der Waals surface area contributed by atoms with E-state index in [0.717, 1.165) is 50.9 Å². The maximum atomic E-state index is 4.56. The molecule has 0 spiro atoms. The van der Waals surface area contributed by atoms with Crippen LogP contribution in [0.25, 0.3) is 0 Å². The highest BCUT2D eigenvalue weighted by atomic mass is 127. The van der Waals surface area contributed by atoms with Crippen LogP contribution in [-0.2, 0) is 13.0 Å². The summed E-state index contributed by atoms with van der Waals surface area (Å²) in [6.45, 7) is 4.80. The highest BCUT2D eigenvalue weighted by molar-refractivity contribution is 14.0. The molecule has 1 aliphatic heterocycles. The third-order valence-electron chi connectivity index (χ3n) is 6.09. The first-order valence-corrected chi connectivity index (χ1v) is 11.6. The number of halogens is 1. The van der Waals surface area contributed by atoms with Gasteiger partial charge in [-0.25, -0.2) is 4.98 Å². The number of hydrogen-bond donors (Lipinski definition) is 2. The molecule has 1 saturated heterocycles. The summed E-state index contributed by atoms with van der Waals surface area (Å²) in [5.74, 6) is 1.92. The molecule has 1 aromatic heterocycles. The summed E-state index contributed by atoms with van der Waals surface area (Å²) < 4.78 is 2.21. The van der Waals surface area contributed by atoms with Crippen LogP contribution in [0.3, 0.4) is 0 Å². The van der Waals surface area contributed by atoms with Crippen LogP contribution in [0.4, 0.5) is 0 Å². The Morgan fingerprint density at radius 2 is 1.70 bits per heavy atom. The SMILES string of the molecule is CN=C(NCCc1nccn1Cc1ccccc1)NCC(c1ccccc1)N1CCCC1.I. The lowest BCUT2D eigenvalue weighted by molar-refractivity contribution is 0.245. The number of aliphatic imine (C=N–C) groups is 1. The minimum absolute atomic E-state index is 0. The maximum Gasteiger partial charge on any atom is 0.191 e. The van der Waals surface area contributed by atoms with E-state index in [1.54, 1.807) is 0 Å². The van der Waals surface area contributed by atoms with Crippen molar-refractivity contribution >= 4 is 29.9 Å². The normalized spacial score (nSPS) is 15.1. The molecule has 0 saturated carbocycles. The topological polar surface area (TPSA) is 57.5 Å². The zero-order valence-electron chi connectivity index (χ0n) is 19.4. The van der Waals surface area contributed by atoms with Gasteiger partial charge in [-0.3, -0.25) is 9.89 Å². The fourth-order valence-electron chi connectivity index (χ4n) is 4.39. The van der Waals surface area contributed by atoms with E-state index in [4.69, 9.17) is 0 Å². The third-order valence-corrected chi connectivity index (χ3v) is 6.09. The Bertz CT molecular complexity index is 967. The molecule has 0 amide bonds. The first kappa shape index (κ1) is 25.2. The monoisotopic (exact) mass is 558 g/mol. The Kier molecular flexibility index (Phi) is 10.2. The minimum Gasteiger partial charge on any atom is -0.356 e. The number of nitrogens with zero attached hydrogens (tertiary/aromatic N) is 4. The molecule has 0 radical (unpaired) electrons. The molecule has 6 nitrogen and oxygen atoms in total. The summed E-state index contributed by atoms with van der Waals surface area (Å²) in [5.41, 5.74) is 2.64. The first-order chi connectivity index (χ1) is 15.8. The van der Waals surface area contributed by atoms with Gasteiger partial charge in [0.1, 0.15) is 5.82 Å². The van der Waals surface area contributed by atoms with Gasteiger partial charge in [0.25, 0.3) is 0 Å². The van der Waals surface area contributed by atoms with Crippen LogP contribution < -0.4 is 10.6 Å². The van der Waals surface area contributed by atoms with Crippen molar-refractivity contribution < 1.29 is 0 Å². The number of nitrogens with one attached hydrogen (secondary N) is 2. The molecule has 176 valence electrons. The van der Waals surface area contributed by atoms with Gasteiger partial charge < -0.3 is 15.2 Å². The number of guanidine groups is 1. The Morgan fingerprint density at radius 3 is 2.39 bits per heavy atom. The van der Waals surface area contributed by atoms with Crippen molar-refractivity contribution in [3.63, 3.8) is 0 Å². The van der Waals surface area contributed by atoms with Gasteiger partial charge >= 0.3 is 0 Å². The highest BCUT2D eigenvalue weighted by Gasteiger charge is 2.23. The maximum absolute atomic E-state index is 4.56. The molecule has 1 aliphatic rings. The molecular formula is C26H35IN6. The zero-order chi connectivity index (χ0) is 22.0. The van der Waals surface area contributed by atoms with Gasteiger partial charge in [0, 0.05) is 45.5 Å². The van der Waals surface area contributed by atoms with Crippen molar-refractivity contribution in [3.05, 3.63) is 90.0 Å². The van der Waals surface area contributed by atoms with Gasteiger partial charge in [-0.2, -0.15) is 0 Å². The molecule has 0 bridgehead atoms. The van der Waals surface area contributed by atoms with Crippen molar-refractivity contribution in [3.8, 4) is 0 Å². The van der Waals surface area contributed by atoms with E-state index >= 15 is 0 Å². The first-order valence-electron chi connectivity index (χ1n) is 11.6. The Labute approximate surface area is 214 Å². The second kappa shape index (κ2) is 13.3. The molecule has 2 heterocycles. The fraction of sp³-hybridized carbons (Fsp3) is 0.385. The van der Waals surface area contributed by atoms with Gasteiger partial charge in [-0.1, -0.05) is 60.7 Å². The highest BCUT2D eigenvalue weighted by Crippen LogP contribution is 2.24. The average Bonchev–Trinajstić information content (AvgIpc) is 3.52. The van der Waals surface area contributed by atoms with Gasteiger partial charge in [0.2, 0.25) is 0 Å². The van der Waals surface area contributed by atoms with Crippen LogP contribution in [0.15, 0.2) is 78.0 Å². The summed E-state index contributed by atoms with van der Waals surface area (Å²) in [7, 11) is 1.83. The third kappa shape index (κ3) is 7.30. The van der Waals surface area contributed by atoms with Crippen LogP contribution in [0.2, 0.25) is 0 Å². The zero-order valence-corrected chi connectivity index (χ0v) is 21.7. The van der Waals surface area contributed by atoms with E-state index in [1.807, 2.05) is 19.3 Å². The van der Waals surface area contributed by atoms with Crippen molar-refractivity contribution in [1.82, 2.24) is 25.1 Å². The van der Waals surface area contributed by atoms with E-state index in [9.17, 15) is 0 Å². The Balaban J connectivity index is 0.00000306. The van der Waals surface area contributed by atoms with E-state index in [-0.39, 0.29) is 24.0 Å². The van der Waals surface area contributed by atoms with Gasteiger partial charge in [-0.15, -0.1) is 24.0 Å². The number of likely N-dealkylation sites (tertiary alicyclic amines) is 1. The molecule has 7 heteroatoms. The van der Waals surface area contributed by atoms with E-state index in [2.05, 4.69) is 90.9 Å². The van der Waals surface area contributed by atoms with E-state index in [0.29, 0.717) is 6.04 Å². The molecule has 3 aromatic rings. The number of hydrogen-bond acceptors (Lipinski definition) is 3. The number of benzene rings is 2. The standard InChI is InChI=1S/C26H34N6.HI/c1-27-26(30-20-24(31-17-8-9-18-31)23-12-6-3-7-13-23)29-15-14-25-28-16-19-32(25)21-22-10-4-2-5-11-22;/h2-7,10-13,16,19,24H,8-9,14-15,17-18,20-21H2,1H3,(H2,27,29,30);1H. The molecule has 2 N–H and O–H groups in total. The smallest absolute Gasteiger partial charge is 0.191 e. The molecule has 33 heavy (non-hydrogen) atoms. The molecule has 1 atom stereocenters. The molecule has 4 rings (SSSR count). The second-order valence-electron chi connectivity index (χ2n) is 8.26. The quantitative estimate of drug-likeness (QED) is 0.236. The second-order valence-corrected chi connectivity index (χ2v) is 8.26. The van der Waals surface area contributed by atoms with Crippen molar-refractivity contribution in [2.75, 3.05) is 33.2 Å².